The minimum atomic E-state index is 0.887. The van der Waals surface area contributed by atoms with Gasteiger partial charge in [0.2, 0.25) is 0 Å². The molecule has 0 aliphatic carbocycles. The number of benzene rings is 16. The first-order valence-corrected chi connectivity index (χ1v) is 48.6. The lowest BCUT2D eigenvalue weighted by Gasteiger charge is -2.08. The fourth-order valence-corrected chi connectivity index (χ4v) is 25.9. The molecule has 0 radical (unpaired) electrons. The van der Waals surface area contributed by atoms with E-state index in [9.17, 15) is 0 Å². The number of hydrogen-bond donors (Lipinski definition) is 0. The topological polar surface area (TPSA) is 13.1 Å². The van der Waals surface area contributed by atoms with Gasteiger partial charge in [0.1, 0.15) is 11.5 Å². The molecule has 8 heteroatoms. The van der Waals surface area contributed by atoms with E-state index in [4.69, 9.17) is 4.42 Å². The van der Waals surface area contributed by atoms with Crippen LogP contribution in [0.25, 0.3) is 213 Å². The summed E-state index contributed by atoms with van der Waals surface area (Å²) in [5, 5.41) is 12.8. The molecule has 608 valence electrons. The summed E-state index contributed by atoms with van der Waals surface area (Å²) in [7, 11) is 0. The van der Waals surface area contributed by atoms with Crippen LogP contribution >= 0.6 is 79.4 Å². The van der Waals surface area contributed by atoms with Crippen molar-refractivity contribution in [1.29, 1.82) is 0 Å². The quantitative estimate of drug-likeness (QED) is 0.0940. The van der Waals surface area contributed by atoms with E-state index in [1.807, 2.05) is 104 Å². The first-order valence-electron chi connectivity index (χ1n) is 42.8. The lowest BCUT2D eigenvalue weighted by atomic mass is 9.97. The first-order chi connectivity index (χ1) is 63.5. The van der Waals surface area contributed by atoms with Crippen molar-refractivity contribution >= 4 is 122 Å². The summed E-state index contributed by atoms with van der Waals surface area (Å²) in [5.41, 5.74) is 21.3. The van der Waals surface area contributed by atoms with E-state index in [-0.39, 0.29) is 0 Å². The summed E-state index contributed by atoms with van der Waals surface area (Å²) in [6, 6.07) is 170. The Kier molecular flexibility index (Phi) is 23.7. The Labute approximate surface area is 774 Å². The molecule has 8 heterocycles. The van der Waals surface area contributed by atoms with Gasteiger partial charge in [-0.1, -0.05) is 461 Å². The maximum Gasteiger partial charge on any atom is 0.143 e. The second-order valence-corrected chi connectivity index (χ2v) is 38.1. The third-order valence-electron chi connectivity index (χ3n) is 23.0. The molecular weight excluding hydrogens is 1680 g/mol. The van der Waals surface area contributed by atoms with Crippen LogP contribution in [0.3, 0.4) is 0 Å². The molecule has 0 unspecified atom stereocenters. The molecule has 24 aromatic rings. The van der Waals surface area contributed by atoms with Crippen LogP contribution in [0.2, 0.25) is 0 Å². The second kappa shape index (κ2) is 37.5. The Bertz CT molecular complexity index is 7140. The van der Waals surface area contributed by atoms with E-state index in [1.165, 1.54) is 184 Å². The Hall–Kier alpha value is -14.3. The Balaban J connectivity index is 0.000000104. The van der Waals surface area contributed by atoms with Gasteiger partial charge in [-0.2, -0.15) is 0 Å². The van der Waals surface area contributed by atoms with E-state index in [2.05, 4.69) is 460 Å². The van der Waals surface area contributed by atoms with Crippen LogP contribution in [0.1, 0.15) is 0 Å². The number of furan rings is 1. The zero-order valence-electron chi connectivity index (χ0n) is 69.5. The third kappa shape index (κ3) is 16.7. The number of fused-ring (bicyclic) bond motifs is 4. The van der Waals surface area contributed by atoms with Crippen molar-refractivity contribution < 1.29 is 4.42 Å². The SMILES string of the molecule is c1ccc(-c2cc(-c3ccccc3)c(-c3sc(-c4ccccc4)c4ccccc34)s2)cc1.c1ccc(-c2cc(-c3sc(-c4ccccc4)c4ccccc34)c(-c3ccccc3)o2)cc1.c1ccc(-c2cc(-c3sc(-c4ccccc4)c4ccccc34)c(-c3ccccc3)s2)cc1.c1ccc(-c2csc(-c3ccccc3)c2-c2sc(-c3ccccc3)c3ccccc23)cc1. The van der Waals surface area contributed by atoms with Crippen LogP contribution in [0.5, 0.6) is 0 Å². The minimum Gasteiger partial charge on any atom is -0.455 e. The normalized spacial score (nSPS) is 11.1. The van der Waals surface area contributed by atoms with E-state index in [0.29, 0.717) is 0 Å². The highest BCUT2D eigenvalue weighted by atomic mass is 32.1. The molecule has 0 amide bonds. The zero-order valence-corrected chi connectivity index (χ0v) is 75.2. The number of thiophene rings is 7. The fraction of sp³-hybridized carbons (Fsp3) is 0. The molecular formula is C120H80OS7. The summed E-state index contributed by atoms with van der Waals surface area (Å²) >= 11 is 13.2. The zero-order chi connectivity index (χ0) is 85.3. The smallest absolute Gasteiger partial charge is 0.143 e. The Morgan fingerprint density at radius 3 is 0.773 bits per heavy atom. The molecule has 0 bridgehead atoms. The van der Waals surface area contributed by atoms with Crippen LogP contribution in [-0.4, -0.2) is 0 Å². The molecule has 0 atom stereocenters. The van der Waals surface area contributed by atoms with Gasteiger partial charge < -0.3 is 4.42 Å². The van der Waals surface area contributed by atoms with Gasteiger partial charge in [0.05, 0.1) is 9.75 Å². The average Bonchev–Trinajstić information content (AvgIpc) is 1.61. The standard InChI is InChI=1S/C30H20OS.3C30H20S2/c1-4-12-21(13-5-1)27-20-26(28(31-27)22-14-6-2-7-15-22)30-25-19-11-10-18-24(25)29(32-30)23-16-8-3-9-17-23;1-4-12-21(13-5-1)27-20-26(29(31-27)23-16-8-3-9-17-23)30-25-19-11-10-18-24(25)28(32-30)22-14-6-2-7-15-22;1-4-12-21(13-5-1)26-20-31-29(23-16-8-3-9-17-23)27(26)30-25-19-11-10-18-24(25)28(32-30)22-14-6-2-7-15-22;1-4-12-21(13-5-1)26-20-27(22-14-6-2-7-15-22)31-30(26)29-25-19-11-10-18-24(25)28(32-29)23-16-8-3-9-17-23/h4*1-20H. The van der Waals surface area contributed by atoms with Crippen molar-refractivity contribution in [2.45, 2.75) is 0 Å². The molecule has 1 nitrogen and oxygen atoms in total. The van der Waals surface area contributed by atoms with Crippen molar-refractivity contribution in [3.05, 3.63) is 485 Å². The largest absolute Gasteiger partial charge is 0.455 e. The second-order valence-electron chi connectivity index (χ2n) is 31.0. The van der Waals surface area contributed by atoms with Gasteiger partial charge in [0.25, 0.3) is 0 Å². The van der Waals surface area contributed by atoms with Crippen LogP contribution in [0.4, 0.5) is 0 Å². The predicted octanol–water partition coefficient (Wildman–Crippen LogP) is 38.1. The predicted molar refractivity (Wildman–Crippen MR) is 560 cm³/mol. The summed E-state index contributed by atoms with van der Waals surface area (Å²) in [4.78, 5) is 17.2. The van der Waals surface area contributed by atoms with Gasteiger partial charge in [-0.3, -0.25) is 0 Å². The van der Waals surface area contributed by atoms with Crippen molar-refractivity contribution in [1.82, 2.24) is 0 Å². The molecule has 128 heavy (non-hydrogen) atoms. The maximum absolute atomic E-state index is 6.51. The van der Waals surface area contributed by atoms with Crippen LogP contribution in [-0.2, 0) is 0 Å². The Morgan fingerprint density at radius 1 is 0.148 bits per heavy atom. The molecule has 8 aromatic heterocycles. The van der Waals surface area contributed by atoms with Crippen LogP contribution in [0.15, 0.2) is 489 Å². The van der Waals surface area contributed by atoms with E-state index in [1.54, 1.807) is 0 Å². The van der Waals surface area contributed by atoms with Gasteiger partial charge in [-0.05, 0) is 79.2 Å². The molecule has 0 fully saturated rings. The van der Waals surface area contributed by atoms with Crippen LogP contribution in [0, 0.1) is 0 Å². The highest BCUT2D eigenvalue weighted by Crippen LogP contribution is 2.57. The molecule has 0 aliphatic rings. The number of rotatable bonds is 16. The third-order valence-corrected chi connectivity index (χ3v) is 31.8. The number of hydrogen-bond acceptors (Lipinski definition) is 8. The summed E-state index contributed by atoms with van der Waals surface area (Å²) in [6.07, 6.45) is 0. The highest BCUT2D eigenvalue weighted by Gasteiger charge is 2.27. The molecule has 24 rings (SSSR count). The van der Waals surface area contributed by atoms with Crippen LogP contribution < -0.4 is 0 Å². The summed E-state index contributed by atoms with van der Waals surface area (Å²) in [5.74, 6) is 1.80. The van der Waals surface area contributed by atoms with E-state index >= 15 is 0 Å². The van der Waals surface area contributed by atoms with Gasteiger partial charge in [0.15, 0.2) is 0 Å². The molecule has 0 aliphatic heterocycles. The lowest BCUT2D eigenvalue weighted by molar-refractivity contribution is 0.598. The molecule has 0 spiro atoms. The van der Waals surface area contributed by atoms with Gasteiger partial charge in [0, 0.05) is 136 Å². The van der Waals surface area contributed by atoms with Crippen molar-refractivity contribution in [3.63, 3.8) is 0 Å². The summed E-state index contributed by atoms with van der Waals surface area (Å²) < 4.78 is 6.51. The minimum absolute atomic E-state index is 0.887. The Morgan fingerprint density at radius 2 is 0.398 bits per heavy atom. The van der Waals surface area contributed by atoms with E-state index < -0.39 is 0 Å². The highest BCUT2D eigenvalue weighted by molar-refractivity contribution is 7.27. The van der Waals surface area contributed by atoms with Crippen molar-refractivity contribution in [2.75, 3.05) is 0 Å². The molecule has 0 N–H and O–H groups in total. The van der Waals surface area contributed by atoms with Gasteiger partial charge >= 0.3 is 0 Å². The fourth-order valence-electron chi connectivity index (χ4n) is 16.9. The lowest BCUT2D eigenvalue weighted by Crippen LogP contribution is -1.82. The van der Waals surface area contributed by atoms with E-state index in [0.717, 1.165) is 28.2 Å². The monoisotopic (exact) mass is 1760 g/mol. The maximum atomic E-state index is 6.51. The van der Waals surface area contributed by atoms with Gasteiger partial charge in [-0.15, -0.1) is 79.4 Å². The molecule has 16 aromatic carbocycles. The van der Waals surface area contributed by atoms with Crippen molar-refractivity contribution in [2.24, 2.45) is 0 Å². The first kappa shape index (κ1) is 80.8. The average molecular weight is 1760 g/mol. The molecule has 0 saturated carbocycles. The van der Waals surface area contributed by atoms with Gasteiger partial charge in [-0.25, -0.2) is 0 Å². The van der Waals surface area contributed by atoms with Crippen molar-refractivity contribution in [3.8, 4) is 170 Å². The molecule has 0 saturated heterocycles. The summed E-state index contributed by atoms with van der Waals surface area (Å²) in [6.45, 7) is 0.